The lowest BCUT2D eigenvalue weighted by Gasteiger charge is -2.32. The first-order chi connectivity index (χ1) is 17.3. The lowest BCUT2D eigenvalue weighted by molar-refractivity contribution is -0.139. The molecule has 2 aliphatic rings. The van der Waals surface area contributed by atoms with Crippen molar-refractivity contribution in [1.82, 2.24) is 15.1 Å². The average Bonchev–Trinajstić information content (AvgIpc) is 3.12. The largest absolute Gasteiger partial charge is 0.508 e. The van der Waals surface area contributed by atoms with Crippen molar-refractivity contribution < 1.29 is 24.3 Å². The van der Waals surface area contributed by atoms with E-state index < -0.39 is 17.5 Å². The van der Waals surface area contributed by atoms with Crippen LogP contribution in [0.1, 0.15) is 35.7 Å². The average molecular weight is 486 g/mol. The molecule has 2 heterocycles. The van der Waals surface area contributed by atoms with Gasteiger partial charge in [-0.15, -0.1) is 0 Å². The summed E-state index contributed by atoms with van der Waals surface area (Å²) in [5, 5.41) is 14.2. The smallest absolute Gasteiger partial charge is 0.325 e. The molecule has 0 saturated carbocycles. The topological polar surface area (TPSA) is 107 Å². The SMILES string of the molecule is CC1(c2ccc3ccccc3c2)NC(=O)N(CC(=O)N2CCC(C(=O)c3ccc(O)cc3)CC2)C1=O. The van der Waals surface area contributed by atoms with Gasteiger partial charge in [0.05, 0.1) is 0 Å². The molecule has 0 aliphatic carbocycles. The van der Waals surface area contributed by atoms with Crippen molar-refractivity contribution in [3.05, 3.63) is 77.9 Å². The van der Waals surface area contributed by atoms with Gasteiger partial charge in [-0.3, -0.25) is 19.3 Å². The first-order valence-corrected chi connectivity index (χ1v) is 12.0. The Balaban J connectivity index is 1.23. The Labute approximate surface area is 208 Å². The number of imide groups is 1. The van der Waals surface area contributed by atoms with Gasteiger partial charge in [-0.2, -0.15) is 0 Å². The van der Waals surface area contributed by atoms with Crippen LogP contribution in [-0.2, 0) is 15.1 Å². The number of likely N-dealkylation sites (tertiary alicyclic amines) is 1. The number of carbonyl (C=O) groups excluding carboxylic acids is 4. The number of aromatic hydroxyl groups is 1. The molecule has 2 saturated heterocycles. The van der Waals surface area contributed by atoms with Gasteiger partial charge in [-0.05, 0) is 66.4 Å². The molecule has 3 aromatic rings. The van der Waals surface area contributed by atoms with E-state index in [1.807, 2.05) is 42.5 Å². The third-order valence-electron chi connectivity index (χ3n) is 7.27. The molecular weight excluding hydrogens is 458 g/mol. The predicted molar refractivity (Wildman–Crippen MR) is 133 cm³/mol. The number of Topliss-reactive ketones (excluding diaryl/α,β-unsaturated/α-hetero) is 1. The van der Waals surface area contributed by atoms with E-state index in [-0.39, 0.29) is 29.9 Å². The molecule has 0 aromatic heterocycles. The number of hydrogen-bond acceptors (Lipinski definition) is 5. The molecule has 8 nitrogen and oxygen atoms in total. The van der Waals surface area contributed by atoms with E-state index >= 15 is 0 Å². The van der Waals surface area contributed by atoms with Crippen LogP contribution in [0.3, 0.4) is 0 Å². The Bertz CT molecular complexity index is 1360. The van der Waals surface area contributed by atoms with Crippen molar-refractivity contribution in [2.75, 3.05) is 19.6 Å². The van der Waals surface area contributed by atoms with Crippen molar-refractivity contribution in [2.24, 2.45) is 5.92 Å². The van der Waals surface area contributed by atoms with Crippen LogP contribution in [0.25, 0.3) is 10.8 Å². The highest BCUT2D eigenvalue weighted by Gasteiger charge is 2.50. The van der Waals surface area contributed by atoms with Crippen molar-refractivity contribution in [2.45, 2.75) is 25.3 Å². The third kappa shape index (κ3) is 4.19. The third-order valence-corrected chi connectivity index (χ3v) is 7.27. The van der Waals surface area contributed by atoms with Gasteiger partial charge < -0.3 is 15.3 Å². The number of nitrogens with one attached hydrogen (secondary N) is 1. The Hall–Kier alpha value is -4.20. The van der Waals surface area contributed by atoms with Gasteiger partial charge in [-0.1, -0.05) is 36.4 Å². The van der Waals surface area contributed by atoms with Crippen LogP contribution in [0.5, 0.6) is 5.75 Å². The monoisotopic (exact) mass is 485 g/mol. The second-order valence-corrected chi connectivity index (χ2v) is 9.57. The minimum atomic E-state index is -1.26. The van der Waals surface area contributed by atoms with Crippen LogP contribution in [0.2, 0.25) is 0 Å². The number of amides is 4. The molecule has 2 fully saturated rings. The summed E-state index contributed by atoms with van der Waals surface area (Å²) in [6, 6.07) is 18.9. The molecule has 1 unspecified atom stereocenters. The zero-order chi connectivity index (χ0) is 25.4. The highest BCUT2D eigenvalue weighted by molar-refractivity contribution is 6.09. The fourth-order valence-corrected chi connectivity index (χ4v) is 5.02. The van der Waals surface area contributed by atoms with Gasteiger partial charge in [0.25, 0.3) is 5.91 Å². The summed E-state index contributed by atoms with van der Waals surface area (Å²) in [6.45, 7) is 2.06. The lowest BCUT2D eigenvalue weighted by atomic mass is 9.89. The fourth-order valence-electron chi connectivity index (χ4n) is 5.02. The normalized spacial score (nSPS) is 20.6. The Morgan fingerprint density at radius 3 is 2.33 bits per heavy atom. The number of rotatable bonds is 5. The number of nitrogens with zero attached hydrogens (tertiary/aromatic N) is 2. The maximum absolute atomic E-state index is 13.3. The summed E-state index contributed by atoms with van der Waals surface area (Å²) in [4.78, 5) is 54.4. The van der Waals surface area contributed by atoms with Crippen molar-refractivity contribution in [3.8, 4) is 5.75 Å². The van der Waals surface area contributed by atoms with Crippen LogP contribution >= 0.6 is 0 Å². The minimum absolute atomic E-state index is 0.0117. The van der Waals surface area contributed by atoms with Crippen LogP contribution in [-0.4, -0.2) is 58.2 Å². The van der Waals surface area contributed by atoms with Gasteiger partial charge in [0.2, 0.25) is 5.91 Å². The number of benzene rings is 3. The number of carbonyl (C=O) groups is 4. The van der Waals surface area contributed by atoms with Crippen LogP contribution < -0.4 is 5.32 Å². The Morgan fingerprint density at radius 2 is 1.64 bits per heavy atom. The molecule has 8 heteroatoms. The van der Waals surface area contributed by atoms with E-state index in [1.165, 1.54) is 12.1 Å². The Kier molecular flexibility index (Phi) is 5.96. The highest BCUT2D eigenvalue weighted by atomic mass is 16.3. The van der Waals surface area contributed by atoms with Crippen molar-refractivity contribution in [1.29, 1.82) is 0 Å². The predicted octanol–water partition coefficient (Wildman–Crippen LogP) is 3.43. The zero-order valence-corrected chi connectivity index (χ0v) is 19.9. The summed E-state index contributed by atoms with van der Waals surface area (Å²) in [5.74, 6) is -0.914. The first kappa shape index (κ1) is 23.5. The van der Waals surface area contributed by atoms with E-state index in [0.717, 1.165) is 15.7 Å². The number of piperidine rings is 1. The van der Waals surface area contributed by atoms with Crippen molar-refractivity contribution >= 4 is 34.4 Å². The molecule has 2 aliphatic heterocycles. The molecule has 3 aromatic carbocycles. The van der Waals surface area contributed by atoms with E-state index in [9.17, 15) is 24.3 Å². The molecule has 184 valence electrons. The number of hydrogen-bond donors (Lipinski definition) is 2. The summed E-state index contributed by atoms with van der Waals surface area (Å²) in [6.07, 6.45) is 1.00. The van der Waals surface area contributed by atoms with Gasteiger partial charge in [0, 0.05) is 24.6 Å². The van der Waals surface area contributed by atoms with Crippen molar-refractivity contribution in [3.63, 3.8) is 0 Å². The van der Waals surface area contributed by atoms with E-state index in [1.54, 1.807) is 24.0 Å². The lowest BCUT2D eigenvalue weighted by Crippen LogP contribution is -2.47. The molecule has 0 spiro atoms. The second kappa shape index (κ2) is 9.11. The molecule has 0 bridgehead atoms. The second-order valence-electron chi connectivity index (χ2n) is 9.57. The van der Waals surface area contributed by atoms with Crippen LogP contribution in [0, 0.1) is 5.92 Å². The number of ketones is 1. The number of urea groups is 1. The fraction of sp³-hybridized carbons (Fsp3) is 0.286. The molecule has 0 radical (unpaired) electrons. The van der Waals surface area contributed by atoms with Gasteiger partial charge in [-0.25, -0.2) is 4.79 Å². The number of fused-ring (bicyclic) bond motifs is 1. The maximum Gasteiger partial charge on any atom is 0.325 e. The highest BCUT2D eigenvalue weighted by Crippen LogP contribution is 2.31. The van der Waals surface area contributed by atoms with E-state index in [0.29, 0.717) is 37.1 Å². The quantitative estimate of drug-likeness (QED) is 0.425. The maximum atomic E-state index is 13.3. The molecular formula is C28H27N3O5. The Morgan fingerprint density at radius 1 is 0.972 bits per heavy atom. The van der Waals surface area contributed by atoms with Crippen LogP contribution in [0.4, 0.5) is 4.79 Å². The summed E-state index contributed by atoms with van der Waals surface area (Å²) in [5.41, 5.74) is -0.0711. The van der Waals surface area contributed by atoms with Crippen LogP contribution in [0.15, 0.2) is 66.7 Å². The summed E-state index contributed by atoms with van der Waals surface area (Å²) >= 11 is 0. The molecule has 1 atom stereocenters. The van der Waals surface area contributed by atoms with Gasteiger partial charge >= 0.3 is 6.03 Å². The zero-order valence-electron chi connectivity index (χ0n) is 19.9. The van der Waals surface area contributed by atoms with Gasteiger partial charge in [0.15, 0.2) is 5.78 Å². The first-order valence-electron chi connectivity index (χ1n) is 12.0. The molecule has 4 amide bonds. The summed E-state index contributed by atoms with van der Waals surface area (Å²) < 4.78 is 0. The minimum Gasteiger partial charge on any atom is -0.508 e. The molecule has 2 N–H and O–H groups in total. The van der Waals surface area contributed by atoms with Gasteiger partial charge in [0.1, 0.15) is 17.8 Å². The standard InChI is InChI=1S/C28H27N3O5/c1-28(22-9-6-18-4-2-3-5-21(18)16-22)26(35)31(27(36)29-28)17-24(33)30-14-12-20(13-15-30)25(34)19-7-10-23(32)11-8-19/h2-11,16,20,32H,12-15,17H2,1H3,(H,29,36). The van der Waals surface area contributed by atoms with E-state index in [2.05, 4.69) is 5.32 Å². The molecule has 5 rings (SSSR count). The number of phenolic OH excluding ortho intramolecular Hbond substituents is 1. The summed E-state index contributed by atoms with van der Waals surface area (Å²) in [7, 11) is 0. The van der Waals surface area contributed by atoms with E-state index in [4.69, 9.17) is 0 Å². The molecule has 36 heavy (non-hydrogen) atoms. The number of phenols is 1.